The molecule has 5 heteroatoms. The number of rotatable bonds is 8. The van der Waals surface area contributed by atoms with Crippen LogP contribution in [0.15, 0.2) is 66.0 Å². The van der Waals surface area contributed by atoms with Gasteiger partial charge in [0.05, 0.1) is 17.8 Å². The molecule has 0 aliphatic heterocycles. The van der Waals surface area contributed by atoms with Gasteiger partial charge in [0.1, 0.15) is 0 Å². The Balaban J connectivity index is 1.83. The number of hydrogen-bond donors (Lipinski definition) is 1. The third kappa shape index (κ3) is 5.55. The summed E-state index contributed by atoms with van der Waals surface area (Å²) in [4.78, 5) is 27.6. The lowest BCUT2D eigenvalue weighted by molar-refractivity contribution is -0.120. The first kappa shape index (κ1) is 20.8. The van der Waals surface area contributed by atoms with Crippen molar-refractivity contribution in [2.24, 2.45) is 0 Å². The molecule has 29 heavy (non-hydrogen) atoms. The summed E-state index contributed by atoms with van der Waals surface area (Å²) in [6.45, 7) is 5.28. The van der Waals surface area contributed by atoms with Crippen molar-refractivity contribution < 1.29 is 9.59 Å². The van der Waals surface area contributed by atoms with E-state index in [2.05, 4.69) is 24.4 Å². The van der Waals surface area contributed by atoms with Crippen LogP contribution >= 0.6 is 11.3 Å². The van der Waals surface area contributed by atoms with Crippen molar-refractivity contribution in [3.05, 3.63) is 87.6 Å². The van der Waals surface area contributed by atoms with Crippen molar-refractivity contribution in [1.29, 1.82) is 0 Å². The average molecular weight is 407 g/mol. The number of anilines is 1. The average Bonchev–Trinajstić information content (AvgIpc) is 3.27. The number of aryl methyl sites for hydroxylation is 1. The molecule has 0 aliphatic carbocycles. The molecule has 0 fully saturated rings. The summed E-state index contributed by atoms with van der Waals surface area (Å²) in [6.07, 6.45) is 1.26. The van der Waals surface area contributed by atoms with Gasteiger partial charge in [0.25, 0.3) is 5.91 Å². The molecule has 0 atom stereocenters. The van der Waals surface area contributed by atoms with Crippen LogP contribution in [-0.2, 0) is 17.8 Å². The Morgan fingerprint density at radius 3 is 2.41 bits per heavy atom. The Labute approximate surface area is 176 Å². The molecule has 0 bridgehead atoms. The molecule has 1 N–H and O–H groups in total. The monoisotopic (exact) mass is 406 g/mol. The van der Waals surface area contributed by atoms with Crippen molar-refractivity contribution in [2.45, 2.75) is 33.2 Å². The Morgan fingerprint density at radius 1 is 1.00 bits per heavy atom. The van der Waals surface area contributed by atoms with Gasteiger partial charge < -0.3 is 10.2 Å². The van der Waals surface area contributed by atoms with Crippen LogP contribution in [0.1, 0.15) is 39.7 Å². The Bertz CT molecular complexity index is 949. The van der Waals surface area contributed by atoms with E-state index in [1.54, 1.807) is 4.90 Å². The van der Waals surface area contributed by atoms with Gasteiger partial charge in [0.2, 0.25) is 5.91 Å². The number of nitrogens with zero attached hydrogens (tertiary/aromatic N) is 1. The van der Waals surface area contributed by atoms with Crippen molar-refractivity contribution in [3.63, 3.8) is 0 Å². The Hall–Kier alpha value is -2.92. The fraction of sp³-hybridized carbons (Fsp3) is 0.250. The summed E-state index contributed by atoms with van der Waals surface area (Å²) in [5, 5.41) is 4.81. The topological polar surface area (TPSA) is 49.4 Å². The van der Waals surface area contributed by atoms with Gasteiger partial charge in [-0.15, -0.1) is 11.3 Å². The van der Waals surface area contributed by atoms with E-state index < -0.39 is 0 Å². The minimum absolute atomic E-state index is 0.0170. The lowest BCUT2D eigenvalue weighted by Crippen LogP contribution is -2.30. The summed E-state index contributed by atoms with van der Waals surface area (Å²) < 4.78 is 0. The zero-order valence-corrected chi connectivity index (χ0v) is 17.7. The summed E-state index contributed by atoms with van der Waals surface area (Å²) in [5.41, 5.74) is 4.02. The molecule has 0 saturated heterocycles. The van der Waals surface area contributed by atoms with Crippen LogP contribution < -0.4 is 10.2 Å². The lowest BCUT2D eigenvalue weighted by Gasteiger charge is -2.23. The van der Waals surface area contributed by atoms with E-state index in [1.165, 1.54) is 11.3 Å². The van der Waals surface area contributed by atoms with E-state index in [9.17, 15) is 9.59 Å². The Morgan fingerprint density at radius 2 is 1.76 bits per heavy atom. The van der Waals surface area contributed by atoms with Gasteiger partial charge in [0, 0.05) is 12.2 Å². The van der Waals surface area contributed by atoms with Gasteiger partial charge >= 0.3 is 0 Å². The number of nitrogens with one attached hydrogen (secondary N) is 1. The third-order valence-electron chi connectivity index (χ3n) is 4.75. The highest BCUT2D eigenvalue weighted by molar-refractivity contribution is 7.12. The first-order valence-electron chi connectivity index (χ1n) is 9.84. The van der Waals surface area contributed by atoms with Gasteiger partial charge in [-0.3, -0.25) is 9.59 Å². The van der Waals surface area contributed by atoms with E-state index in [1.807, 2.05) is 60.8 Å². The summed E-state index contributed by atoms with van der Waals surface area (Å²) in [5.74, 6) is 0.00252. The number of amides is 2. The zero-order chi connectivity index (χ0) is 20.6. The highest BCUT2D eigenvalue weighted by Crippen LogP contribution is 2.24. The predicted octanol–water partition coefficient (Wildman–Crippen LogP) is 4.97. The van der Waals surface area contributed by atoms with Gasteiger partial charge in [-0.1, -0.05) is 49.4 Å². The van der Waals surface area contributed by atoms with E-state index in [-0.39, 0.29) is 11.8 Å². The minimum Gasteiger partial charge on any atom is -0.356 e. The van der Waals surface area contributed by atoms with Crippen LogP contribution in [0.4, 0.5) is 5.69 Å². The van der Waals surface area contributed by atoms with E-state index in [4.69, 9.17) is 0 Å². The normalized spacial score (nSPS) is 10.6. The third-order valence-corrected chi connectivity index (χ3v) is 5.61. The van der Waals surface area contributed by atoms with Crippen LogP contribution in [-0.4, -0.2) is 18.4 Å². The number of carbonyl (C=O) groups is 2. The summed E-state index contributed by atoms with van der Waals surface area (Å²) in [6, 6.07) is 19.5. The number of thiophene rings is 1. The molecule has 3 aromatic rings. The van der Waals surface area contributed by atoms with E-state index in [0.717, 1.165) is 28.8 Å². The molecule has 4 nitrogen and oxygen atoms in total. The van der Waals surface area contributed by atoms with Crippen LogP contribution in [0.3, 0.4) is 0 Å². The molecule has 0 radical (unpaired) electrons. The highest BCUT2D eigenvalue weighted by Gasteiger charge is 2.20. The Kier molecular flexibility index (Phi) is 7.19. The zero-order valence-electron chi connectivity index (χ0n) is 16.9. The van der Waals surface area contributed by atoms with Crippen LogP contribution in [0, 0.1) is 6.92 Å². The summed E-state index contributed by atoms with van der Waals surface area (Å²) >= 11 is 1.44. The molecule has 1 heterocycles. The van der Waals surface area contributed by atoms with E-state index >= 15 is 0 Å². The maximum Gasteiger partial charge on any atom is 0.268 e. The first-order chi connectivity index (χ1) is 14.1. The van der Waals surface area contributed by atoms with Crippen LogP contribution in [0.5, 0.6) is 0 Å². The van der Waals surface area contributed by atoms with Gasteiger partial charge in [0.15, 0.2) is 0 Å². The SMILES string of the molecule is CCCNC(=O)Cc1ccc(N(Cc2ccccc2C)C(=O)c2cccs2)cc1. The molecule has 0 aliphatic rings. The standard InChI is InChI=1S/C24H26N2O2S/c1-3-14-25-23(27)16-19-10-12-21(13-11-19)26(24(28)22-9-6-15-29-22)17-20-8-5-4-7-18(20)2/h4-13,15H,3,14,16-17H2,1-2H3,(H,25,27). The molecule has 3 rings (SSSR count). The largest absolute Gasteiger partial charge is 0.356 e. The van der Waals surface area contributed by atoms with Crippen molar-refractivity contribution in [3.8, 4) is 0 Å². The molecule has 2 amide bonds. The fourth-order valence-corrected chi connectivity index (χ4v) is 3.75. The molecule has 0 unspecified atom stereocenters. The maximum atomic E-state index is 13.2. The number of hydrogen-bond acceptors (Lipinski definition) is 3. The molecular weight excluding hydrogens is 380 g/mol. The second-order valence-electron chi connectivity index (χ2n) is 6.99. The van der Waals surface area contributed by atoms with E-state index in [0.29, 0.717) is 24.4 Å². The van der Waals surface area contributed by atoms with Crippen molar-refractivity contribution >= 4 is 28.8 Å². The van der Waals surface area contributed by atoms with Gasteiger partial charge in [-0.25, -0.2) is 0 Å². The predicted molar refractivity (Wildman–Crippen MR) is 119 cm³/mol. The quantitative estimate of drug-likeness (QED) is 0.574. The number of carbonyl (C=O) groups excluding carboxylic acids is 2. The molecule has 1 aromatic heterocycles. The minimum atomic E-state index is -0.0170. The van der Waals surface area contributed by atoms with Crippen LogP contribution in [0.25, 0.3) is 0 Å². The molecule has 0 spiro atoms. The van der Waals surface area contributed by atoms with Crippen molar-refractivity contribution in [1.82, 2.24) is 5.32 Å². The van der Waals surface area contributed by atoms with Crippen LogP contribution in [0.2, 0.25) is 0 Å². The van der Waals surface area contributed by atoms with Gasteiger partial charge in [-0.05, 0) is 53.6 Å². The highest BCUT2D eigenvalue weighted by atomic mass is 32.1. The fourth-order valence-electron chi connectivity index (χ4n) is 3.08. The molecule has 150 valence electrons. The second kappa shape index (κ2) is 10.0. The molecule has 0 saturated carbocycles. The smallest absolute Gasteiger partial charge is 0.268 e. The van der Waals surface area contributed by atoms with Gasteiger partial charge in [-0.2, -0.15) is 0 Å². The lowest BCUT2D eigenvalue weighted by atomic mass is 10.1. The van der Waals surface area contributed by atoms with Crippen molar-refractivity contribution in [2.75, 3.05) is 11.4 Å². The number of benzene rings is 2. The molecular formula is C24H26N2O2S. The summed E-state index contributed by atoms with van der Waals surface area (Å²) in [7, 11) is 0. The molecule has 2 aromatic carbocycles. The second-order valence-corrected chi connectivity index (χ2v) is 7.94. The maximum absolute atomic E-state index is 13.2. The first-order valence-corrected chi connectivity index (χ1v) is 10.7.